The van der Waals surface area contributed by atoms with Gasteiger partial charge >= 0.3 is 0 Å². The maximum Gasteiger partial charge on any atom is 0.162 e. The zero-order valence-electron chi connectivity index (χ0n) is 12.6. The maximum atomic E-state index is 6.46. The molecule has 0 aliphatic heterocycles. The highest BCUT2D eigenvalue weighted by molar-refractivity contribution is 6.42. The summed E-state index contributed by atoms with van der Waals surface area (Å²) in [5, 5.41) is 4.54. The Morgan fingerprint density at radius 1 is 1.00 bits per heavy atom. The number of imidazole rings is 1. The van der Waals surface area contributed by atoms with E-state index in [1.54, 1.807) is 30.0 Å². The van der Waals surface area contributed by atoms with Crippen LogP contribution in [-0.2, 0) is 0 Å². The molecule has 1 N–H and O–H groups in total. The molecule has 0 amide bonds. The largest absolute Gasteiger partial charge is 0.336 e. The Morgan fingerprint density at radius 2 is 1.67 bits per heavy atom. The van der Waals surface area contributed by atoms with Crippen LogP contribution >= 0.6 is 46.4 Å². The summed E-state index contributed by atoms with van der Waals surface area (Å²) in [6, 6.07) is 3.17. The first-order chi connectivity index (χ1) is 11.3. The summed E-state index contributed by atoms with van der Waals surface area (Å²) in [5.41, 5.74) is 1.32. The molecular formula is C15H11Cl4N5. The highest BCUT2D eigenvalue weighted by Gasteiger charge is 2.16. The fourth-order valence-electron chi connectivity index (χ4n) is 2.12. The predicted molar refractivity (Wildman–Crippen MR) is 98.4 cm³/mol. The minimum absolute atomic E-state index is 0.320. The molecule has 0 aliphatic rings. The first-order valence-electron chi connectivity index (χ1n) is 6.82. The molecular weight excluding hydrogens is 392 g/mol. The van der Waals surface area contributed by atoms with E-state index in [0.29, 0.717) is 43.2 Å². The molecule has 5 nitrogen and oxygen atoms in total. The van der Waals surface area contributed by atoms with Crippen LogP contribution in [0.25, 0.3) is 5.82 Å². The normalized spacial score (nSPS) is 10.9. The molecule has 124 valence electrons. The minimum atomic E-state index is 0.320. The number of hydrogen-bond acceptors (Lipinski definition) is 4. The summed E-state index contributed by atoms with van der Waals surface area (Å²) in [6.45, 7) is 3.64. The van der Waals surface area contributed by atoms with Gasteiger partial charge in [-0.1, -0.05) is 46.4 Å². The number of aromatic nitrogens is 4. The van der Waals surface area contributed by atoms with Gasteiger partial charge in [-0.15, -0.1) is 0 Å². The van der Waals surface area contributed by atoms with Crippen molar-refractivity contribution < 1.29 is 0 Å². The molecule has 2 aromatic heterocycles. The maximum absolute atomic E-state index is 6.46. The van der Waals surface area contributed by atoms with E-state index in [1.165, 1.54) is 0 Å². The molecule has 0 fully saturated rings. The van der Waals surface area contributed by atoms with Crippen LogP contribution in [0.2, 0.25) is 20.1 Å². The molecule has 0 saturated heterocycles. The van der Waals surface area contributed by atoms with Gasteiger partial charge in [0.05, 0.1) is 21.4 Å². The van der Waals surface area contributed by atoms with Crippen LogP contribution in [0.3, 0.4) is 0 Å². The zero-order chi connectivity index (χ0) is 17.4. The number of benzene rings is 1. The van der Waals surface area contributed by atoms with Crippen LogP contribution in [0.5, 0.6) is 0 Å². The summed E-state index contributed by atoms with van der Waals surface area (Å²) in [6.07, 6.45) is 3.45. The fourth-order valence-corrected chi connectivity index (χ4v) is 3.26. The summed E-state index contributed by atoms with van der Waals surface area (Å²) in [7, 11) is 0. The van der Waals surface area contributed by atoms with Crippen molar-refractivity contribution in [2.24, 2.45) is 0 Å². The summed E-state index contributed by atoms with van der Waals surface area (Å²) in [5.74, 6) is 1.43. The van der Waals surface area contributed by atoms with Crippen LogP contribution < -0.4 is 5.32 Å². The Labute approximate surface area is 158 Å². The highest BCUT2D eigenvalue weighted by atomic mass is 35.5. The first kappa shape index (κ1) is 17.3. The number of halogens is 4. The highest BCUT2D eigenvalue weighted by Crippen LogP contribution is 2.37. The lowest BCUT2D eigenvalue weighted by Gasteiger charge is -2.14. The molecule has 0 unspecified atom stereocenters. The number of nitrogens with one attached hydrogen (secondary N) is 1. The number of nitrogens with zero attached hydrogens (tertiary/aromatic N) is 4. The molecule has 9 heteroatoms. The van der Waals surface area contributed by atoms with Crippen molar-refractivity contribution in [3.63, 3.8) is 0 Å². The number of rotatable bonds is 3. The van der Waals surface area contributed by atoms with Crippen molar-refractivity contribution in [3.8, 4) is 5.82 Å². The molecule has 24 heavy (non-hydrogen) atoms. The Kier molecular flexibility index (Phi) is 4.88. The van der Waals surface area contributed by atoms with E-state index in [1.807, 2.05) is 13.1 Å². The summed E-state index contributed by atoms with van der Waals surface area (Å²) >= 11 is 24.8. The van der Waals surface area contributed by atoms with Crippen molar-refractivity contribution in [2.75, 3.05) is 5.32 Å². The molecule has 1 aromatic carbocycles. The number of anilines is 2. The average Bonchev–Trinajstić information content (AvgIpc) is 2.92. The monoisotopic (exact) mass is 401 g/mol. The molecule has 3 rings (SSSR count). The van der Waals surface area contributed by atoms with Gasteiger partial charge in [-0.3, -0.25) is 4.57 Å². The van der Waals surface area contributed by atoms with Crippen LogP contribution in [0, 0.1) is 13.8 Å². The van der Waals surface area contributed by atoms with Crippen LogP contribution in [0.4, 0.5) is 11.5 Å². The lowest BCUT2D eigenvalue weighted by atomic mass is 10.3. The Morgan fingerprint density at radius 3 is 2.25 bits per heavy atom. The molecule has 0 radical (unpaired) electrons. The van der Waals surface area contributed by atoms with E-state index < -0.39 is 0 Å². The van der Waals surface area contributed by atoms with E-state index in [0.717, 1.165) is 5.69 Å². The number of hydrogen-bond donors (Lipinski definition) is 1. The van der Waals surface area contributed by atoms with Gasteiger partial charge in [0.1, 0.15) is 17.2 Å². The van der Waals surface area contributed by atoms with Gasteiger partial charge in [0.15, 0.2) is 11.6 Å². The first-order valence-corrected chi connectivity index (χ1v) is 8.33. The SMILES string of the molecule is Cc1cn(-c2nc(C)nc(Nc3c(Cl)cc(Cl)cc3Cl)c2Cl)cn1. The van der Waals surface area contributed by atoms with Crippen molar-refractivity contribution >= 4 is 57.9 Å². The third-order valence-electron chi connectivity index (χ3n) is 3.15. The van der Waals surface area contributed by atoms with Crippen molar-refractivity contribution in [1.29, 1.82) is 0 Å². The molecule has 2 heterocycles. The lowest BCUT2D eigenvalue weighted by Crippen LogP contribution is -2.05. The van der Waals surface area contributed by atoms with Gasteiger partial charge in [0, 0.05) is 11.2 Å². The topological polar surface area (TPSA) is 55.6 Å². The summed E-state index contributed by atoms with van der Waals surface area (Å²) in [4.78, 5) is 12.9. The Balaban J connectivity index is 2.08. The molecule has 0 bridgehead atoms. The second kappa shape index (κ2) is 6.76. The molecule has 0 saturated carbocycles. The van der Waals surface area contributed by atoms with Gasteiger partial charge in [0.2, 0.25) is 0 Å². The standard InChI is InChI=1S/C15H11Cl4N5/c1-7-5-24(6-20-7)15-12(19)14(21-8(2)22-15)23-13-10(17)3-9(16)4-11(13)18/h3-6H,1-2H3,(H,21,22,23). The minimum Gasteiger partial charge on any atom is -0.336 e. The van der Waals surface area contributed by atoms with Crippen LogP contribution in [-0.4, -0.2) is 19.5 Å². The van der Waals surface area contributed by atoms with E-state index in [2.05, 4.69) is 20.3 Å². The van der Waals surface area contributed by atoms with E-state index in [4.69, 9.17) is 46.4 Å². The van der Waals surface area contributed by atoms with Gasteiger partial charge in [-0.05, 0) is 26.0 Å². The zero-order valence-corrected chi connectivity index (χ0v) is 15.6. The Hall–Kier alpha value is -1.53. The van der Waals surface area contributed by atoms with Crippen LogP contribution in [0.15, 0.2) is 24.7 Å². The number of aryl methyl sites for hydroxylation is 2. The van der Waals surface area contributed by atoms with Gasteiger partial charge < -0.3 is 5.32 Å². The average molecular weight is 403 g/mol. The van der Waals surface area contributed by atoms with Gasteiger partial charge in [0.25, 0.3) is 0 Å². The van der Waals surface area contributed by atoms with Crippen molar-refractivity contribution in [1.82, 2.24) is 19.5 Å². The van der Waals surface area contributed by atoms with Crippen LogP contribution in [0.1, 0.15) is 11.5 Å². The molecule has 0 aliphatic carbocycles. The quantitative estimate of drug-likeness (QED) is 0.616. The molecule has 3 aromatic rings. The lowest BCUT2D eigenvalue weighted by molar-refractivity contribution is 0.940. The van der Waals surface area contributed by atoms with Crippen molar-refractivity contribution in [3.05, 3.63) is 56.3 Å². The molecule has 0 atom stereocenters. The molecule has 0 spiro atoms. The van der Waals surface area contributed by atoms with E-state index in [-0.39, 0.29) is 0 Å². The van der Waals surface area contributed by atoms with Gasteiger partial charge in [-0.2, -0.15) is 0 Å². The Bertz CT molecular complexity index is 899. The second-order valence-electron chi connectivity index (χ2n) is 5.05. The summed E-state index contributed by atoms with van der Waals surface area (Å²) < 4.78 is 1.72. The predicted octanol–water partition coefficient (Wildman–Crippen LogP) is 5.64. The fraction of sp³-hybridized carbons (Fsp3) is 0.133. The second-order valence-corrected chi connectivity index (χ2v) is 6.68. The van der Waals surface area contributed by atoms with Crippen molar-refractivity contribution in [2.45, 2.75) is 13.8 Å². The smallest absolute Gasteiger partial charge is 0.162 e. The third-order valence-corrected chi connectivity index (χ3v) is 4.31. The third kappa shape index (κ3) is 3.44. The van der Waals surface area contributed by atoms with E-state index in [9.17, 15) is 0 Å². The van der Waals surface area contributed by atoms with Gasteiger partial charge in [-0.25, -0.2) is 15.0 Å². The van der Waals surface area contributed by atoms with E-state index >= 15 is 0 Å².